The molecular weight excluding hydrogens is 257 g/mol. The van der Waals surface area contributed by atoms with Crippen LogP contribution in [0.2, 0.25) is 0 Å². The fourth-order valence-electron chi connectivity index (χ4n) is 2.41. The lowest BCUT2D eigenvalue weighted by Gasteiger charge is -2.40. The first-order valence-corrected chi connectivity index (χ1v) is 6.03. The van der Waals surface area contributed by atoms with E-state index in [9.17, 15) is 18.0 Å². The summed E-state index contributed by atoms with van der Waals surface area (Å²) in [6, 6.07) is 3.38. The summed E-state index contributed by atoms with van der Waals surface area (Å²) in [4.78, 5) is 13.5. The number of alkyl halides is 3. The third-order valence-electron chi connectivity index (χ3n) is 3.23. The monoisotopic (exact) mass is 272 g/mol. The predicted molar refractivity (Wildman–Crippen MR) is 67.2 cm³/mol. The lowest BCUT2D eigenvalue weighted by Crippen LogP contribution is -2.49. The van der Waals surface area contributed by atoms with Crippen LogP contribution in [-0.4, -0.2) is 18.0 Å². The molecule has 0 aliphatic carbocycles. The van der Waals surface area contributed by atoms with Gasteiger partial charge in [-0.25, -0.2) is 0 Å². The van der Waals surface area contributed by atoms with Crippen molar-refractivity contribution in [1.29, 1.82) is 0 Å². The third kappa shape index (κ3) is 2.27. The van der Waals surface area contributed by atoms with Gasteiger partial charge in [-0.2, -0.15) is 13.2 Å². The first-order chi connectivity index (χ1) is 8.73. The van der Waals surface area contributed by atoms with Gasteiger partial charge in [-0.15, -0.1) is 0 Å². The SMILES string of the molecule is CC(C)N1c2cccc(C(F)(F)F)c2NC(=O)C1C. The maximum Gasteiger partial charge on any atom is 0.418 e. The van der Waals surface area contributed by atoms with Crippen molar-refractivity contribution in [1.82, 2.24) is 0 Å². The molecule has 6 heteroatoms. The number of amides is 1. The molecule has 1 N–H and O–H groups in total. The van der Waals surface area contributed by atoms with E-state index in [0.717, 1.165) is 6.07 Å². The molecule has 1 aliphatic rings. The molecule has 0 saturated carbocycles. The van der Waals surface area contributed by atoms with E-state index in [0.29, 0.717) is 5.69 Å². The molecule has 0 fully saturated rings. The number of hydrogen-bond donors (Lipinski definition) is 1. The maximum absolute atomic E-state index is 13.0. The average Bonchev–Trinajstić information content (AvgIpc) is 2.28. The van der Waals surface area contributed by atoms with Gasteiger partial charge in [-0.1, -0.05) is 6.07 Å². The lowest BCUT2D eigenvalue weighted by molar-refractivity contribution is -0.137. The quantitative estimate of drug-likeness (QED) is 0.851. The van der Waals surface area contributed by atoms with Crippen LogP contribution in [0.25, 0.3) is 0 Å². The zero-order chi connectivity index (χ0) is 14.4. The molecule has 1 unspecified atom stereocenters. The van der Waals surface area contributed by atoms with Crippen molar-refractivity contribution in [2.75, 3.05) is 10.2 Å². The van der Waals surface area contributed by atoms with Crippen molar-refractivity contribution in [3.05, 3.63) is 23.8 Å². The Labute approximate surface area is 109 Å². The number of nitrogens with zero attached hydrogens (tertiary/aromatic N) is 1. The summed E-state index contributed by atoms with van der Waals surface area (Å²) >= 11 is 0. The zero-order valence-corrected chi connectivity index (χ0v) is 10.9. The van der Waals surface area contributed by atoms with E-state index in [2.05, 4.69) is 5.32 Å². The minimum absolute atomic E-state index is 0.0664. The van der Waals surface area contributed by atoms with E-state index in [1.165, 1.54) is 6.07 Å². The number of benzene rings is 1. The van der Waals surface area contributed by atoms with Crippen LogP contribution in [0.3, 0.4) is 0 Å². The fourth-order valence-corrected chi connectivity index (χ4v) is 2.41. The van der Waals surface area contributed by atoms with Crippen LogP contribution in [0.5, 0.6) is 0 Å². The van der Waals surface area contributed by atoms with Crippen molar-refractivity contribution in [2.45, 2.75) is 39.0 Å². The van der Waals surface area contributed by atoms with Gasteiger partial charge in [0.05, 0.1) is 16.9 Å². The van der Waals surface area contributed by atoms with Gasteiger partial charge in [0.1, 0.15) is 6.04 Å². The molecule has 0 spiro atoms. The number of rotatable bonds is 1. The van der Waals surface area contributed by atoms with E-state index in [1.807, 2.05) is 13.8 Å². The second kappa shape index (κ2) is 4.43. The van der Waals surface area contributed by atoms with Gasteiger partial charge in [0, 0.05) is 6.04 Å². The summed E-state index contributed by atoms with van der Waals surface area (Å²) in [5.74, 6) is -0.419. The van der Waals surface area contributed by atoms with Crippen LogP contribution in [-0.2, 0) is 11.0 Å². The van der Waals surface area contributed by atoms with Crippen molar-refractivity contribution < 1.29 is 18.0 Å². The van der Waals surface area contributed by atoms with Gasteiger partial charge in [0.25, 0.3) is 0 Å². The standard InChI is InChI=1S/C13H15F3N2O/c1-7(2)18-8(3)12(19)17-11-9(13(14,15)16)5-4-6-10(11)18/h4-8H,1-3H3,(H,17,19). The van der Waals surface area contributed by atoms with Crippen molar-refractivity contribution in [2.24, 2.45) is 0 Å². The topological polar surface area (TPSA) is 32.3 Å². The number of carbonyl (C=O) groups excluding carboxylic acids is 1. The Hall–Kier alpha value is -1.72. The van der Waals surface area contributed by atoms with E-state index in [1.54, 1.807) is 17.9 Å². The molecule has 104 valence electrons. The lowest BCUT2D eigenvalue weighted by atomic mass is 10.0. The van der Waals surface area contributed by atoms with Crippen LogP contribution >= 0.6 is 0 Å². The van der Waals surface area contributed by atoms with Crippen LogP contribution < -0.4 is 10.2 Å². The highest BCUT2D eigenvalue weighted by atomic mass is 19.4. The number of fused-ring (bicyclic) bond motifs is 1. The molecule has 1 atom stereocenters. The molecule has 1 aliphatic heterocycles. The molecule has 1 aromatic rings. The van der Waals surface area contributed by atoms with Crippen LogP contribution in [0, 0.1) is 0 Å². The summed E-state index contributed by atoms with van der Waals surface area (Å²) in [5.41, 5.74) is -0.542. The Morgan fingerprint density at radius 1 is 1.32 bits per heavy atom. The van der Waals surface area contributed by atoms with E-state index < -0.39 is 23.7 Å². The minimum Gasteiger partial charge on any atom is -0.356 e. The number of nitrogens with one attached hydrogen (secondary N) is 1. The molecular formula is C13H15F3N2O. The summed E-state index contributed by atoms with van der Waals surface area (Å²) in [6.45, 7) is 5.37. The van der Waals surface area contributed by atoms with E-state index >= 15 is 0 Å². The van der Waals surface area contributed by atoms with Gasteiger partial charge in [-0.05, 0) is 32.9 Å². The van der Waals surface area contributed by atoms with Gasteiger partial charge in [0.2, 0.25) is 5.91 Å². The Morgan fingerprint density at radius 3 is 2.47 bits per heavy atom. The molecule has 19 heavy (non-hydrogen) atoms. The molecule has 1 heterocycles. The largest absolute Gasteiger partial charge is 0.418 e. The first-order valence-electron chi connectivity index (χ1n) is 6.03. The number of halogens is 3. The number of hydrogen-bond acceptors (Lipinski definition) is 2. The molecule has 0 bridgehead atoms. The second-order valence-corrected chi connectivity index (χ2v) is 4.86. The van der Waals surface area contributed by atoms with Gasteiger partial charge >= 0.3 is 6.18 Å². The van der Waals surface area contributed by atoms with Gasteiger partial charge in [-0.3, -0.25) is 4.79 Å². The van der Waals surface area contributed by atoms with E-state index in [4.69, 9.17) is 0 Å². The summed E-state index contributed by atoms with van der Waals surface area (Å²) in [6.07, 6.45) is -4.48. The van der Waals surface area contributed by atoms with Gasteiger partial charge in [0.15, 0.2) is 0 Å². The highest BCUT2D eigenvalue weighted by molar-refractivity contribution is 6.04. The smallest absolute Gasteiger partial charge is 0.356 e. The first kappa shape index (κ1) is 13.7. The molecule has 1 amide bonds. The Kier molecular flexibility index (Phi) is 3.20. The van der Waals surface area contributed by atoms with Crippen LogP contribution in [0.1, 0.15) is 26.3 Å². The summed E-state index contributed by atoms with van der Waals surface area (Å²) < 4.78 is 38.9. The zero-order valence-electron chi connectivity index (χ0n) is 10.9. The fraction of sp³-hybridized carbons (Fsp3) is 0.462. The van der Waals surface area contributed by atoms with Crippen LogP contribution in [0.4, 0.5) is 24.5 Å². The second-order valence-electron chi connectivity index (χ2n) is 4.86. The predicted octanol–water partition coefficient (Wildman–Crippen LogP) is 3.26. The highest BCUT2D eigenvalue weighted by Gasteiger charge is 2.39. The normalized spacial score (nSPS) is 19.4. The molecule has 0 aromatic heterocycles. The Balaban J connectivity index is 2.63. The van der Waals surface area contributed by atoms with E-state index in [-0.39, 0.29) is 11.7 Å². The average molecular weight is 272 g/mol. The molecule has 0 saturated heterocycles. The molecule has 1 aromatic carbocycles. The Bertz CT molecular complexity index is 511. The van der Waals surface area contributed by atoms with Crippen molar-refractivity contribution in [3.63, 3.8) is 0 Å². The van der Waals surface area contributed by atoms with Crippen LogP contribution in [0.15, 0.2) is 18.2 Å². The maximum atomic E-state index is 13.0. The number of para-hydroxylation sites is 1. The highest BCUT2D eigenvalue weighted by Crippen LogP contribution is 2.43. The third-order valence-corrected chi connectivity index (χ3v) is 3.23. The molecule has 0 radical (unpaired) electrons. The minimum atomic E-state index is -4.48. The molecule has 2 rings (SSSR count). The Morgan fingerprint density at radius 2 is 1.95 bits per heavy atom. The number of anilines is 2. The molecule has 3 nitrogen and oxygen atoms in total. The summed E-state index contributed by atoms with van der Waals surface area (Å²) in [5, 5.41) is 2.37. The summed E-state index contributed by atoms with van der Waals surface area (Å²) in [7, 11) is 0. The van der Waals surface area contributed by atoms with Crippen molar-refractivity contribution >= 4 is 17.3 Å². The van der Waals surface area contributed by atoms with Gasteiger partial charge < -0.3 is 10.2 Å². The number of carbonyl (C=O) groups is 1. The van der Waals surface area contributed by atoms with Crippen molar-refractivity contribution in [3.8, 4) is 0 Å².